The number of benzene rings is 1. The van der Waals surface area contributed by atoms with Crippen LogP contribution in [0, 0.1) is 5.82 Å². The van der Waals surface area contributed by atoms with Gasteiger partial charge < -0.3 is 14.4 Å². The molecule has 2 heterocycles. The van der Waals surface area contributed by atoms with E-state index in [9.17, 15) is 9.18 Å². The van der Waals surface area contributed by atoms with E-state index >= 15 is 0 Å². The maximum absolute atomic E-state index is 13.0. The van der Waals surface area contributed by atoms with Crippen molar-refractivity contribution in [1.29, 1.82) is 0 Å². The molecular weight excluding hydrogens is 325 g/mol. The largest absolute Gasteiger partial charge is 0.491 e. The van der Waals surface area contributed by atoms with Gasteiger partial charge in [-0.3, -0.25) is 9.48 Å². The number of ether oxygens (including phenoxy) is 2. The van der Waals surface area contributed by atoms with Gasteiger partial charge in [0.1, 0.15) is 23.8 Å². The van der Waals surface area contributed by atoms with Crippen LogP contribution in [0.3, 0.4) is 0 Å². The molecule has 1 aromatic heterocycles. The van der Waals surface area contributed by atoms with Crippen molar-refractivity contribution in [3.05, 3.63) is 48.0 Å². The average Bonchev–Trinajstić information content (AvgIpc) is 3.07. The Hall–Kier alpha value is -2.41. The van der Waals surface area contributed by atoms with Crippen LogP contribution in [0.15, 0.2) is 36.7 Å². The topological polar surface area (TPSA) is 56.6 Å². The summed E-state index contributed by atoms with van der Waals surface area (Å²) in [5, 5.41) is 4.05. The minimum atomic E-state index is -0.579. The van der Waals surface area contributed by atoms with Gasteiger partial charge in [-0.05, 0) is 37.1 Å². The summed E-state index contributed by atoms with van der Waals surface area (Å²) in [5.74, 6) is 0.212. The summed E-state index contributed by atoms with van der Waals surface area (Å²) in [6.45, 7) is 1.42. The lowest BCUT2D eigenvalue weighted by Gasteiger charge is -2.41. The average molecular weight is 347 g/mol. The molecule has 7 heteroatoms. The van der Waals surface area contributed by atoms with E-state index in [-0.39, 0.29) is 11.7 Å². The zero-order valence-electron chi connectivity index (χ0n) is 14.4. The van der Waals surface area contributed by atoms with Crippen molar-refractivity contribution in [2.75, 3.05) is 26.8 Å². The number of nitrogens with zero attached hydrogens (tertiary/aromatic N) is 3. The molecule has 1 aromatic carbocycles. The van der Waals surface area contributed by atoms with Crippen molar-refractivity contribution in [3.8, 4) is 5.75 Å². The van der Waals surface area contributed by atoms with Crippen LogP contribution in [0.4, 0.5) is 4.39 Å². The van der Waals surface area contributed by atoms with Crippen LogP contribution in [0.2, 0.25) is 0 Å². The van der Waals surface area contributed by atoms with E-state index in [4.69, 9.17) is 9.47 Å². The Morgan fingerprint density at radius 3 is 2.76 bits per heavy atom. The lowest BCUT2D eigenvalue weighted by Crippen LogP contribution is -2.54. The number of carbonyl (C=O) groups is 1. The number of halogens is 1. The highest BCUT2D eigenvalue weighted by Crippen LogP contribution is 2.27. The van der Waals surface area contributed by atoms with Crippen molar-refractivity contribution in [2.24, 2.45) is 7.05 Å². The molecule has 1 amide bonds. The fourth-order valence-electron chi connectivity index (χ4n) is 3.07. The summed E-state index contributed by atoms with van der Waals surface area (Å²) in [6, 6.07) is 5.88. The van der Waals surface area contributed by atoms with Crippen LogP contribution >= 0.6 is 0 Å². The Morgan fingerprint density at radius 1 is 1.36 bits per heavy atom. The molecule has 1 fully saturated rings. The molecule has 3 rings (SSSR count). The Labute approximate surface area is 146 Å². The SMILES string of the molecule is COC1(COc2ccc(F)cc2)CCCN(C(=O)c2cnn(C)c2)C1. The molecule has 1 saturated heterocycles. The number of piperidine rings is 1. The van der Waals surface area contributed by atoms with Crippen molar-refractivity contribution in [3.63, 3.8) is 0 Å². The first-order valence-corrected chi connectivity index (χ1v) is 8.23. The summed E-state index contributed by atoms with van der Waals surface area (Å²) in [6.07, 6.45) is 4.90. The van der Waals surface area contributed by atoms with Crippen LogP contribution in [0.1, 0.15) is 23.2 Å². The second-order valence-corrected chi connectivity index (χ2v) is 6.36. The molecule has 1 aliphatic heterocycles. The smallest absolute Gasteiger partial charge is 0.257 e. The van der Waals surface area contributed by atoms with E-state index in [0.717, 1.165) is 12.8 Å². The maximum atomic E-state index is 13.0. The summed E-state index contributed by atoms with van der Waals surface area (Å²) in [4.78, 5) is 14.4. The van der Waals surface area contributed by atoms with Gasteiger partial charge in [0.05, 0.1) is 18.3 Å². The van der Waals surface area contributed by atoms with E-state index in [1.807, 2.05) is 0 Å². The first kappa shape index (κ1) is 17.4. The molecule has 6 nitrogen and oxygen atoms in total. The Balaban J connectivity index is 1.67. The zero-order chi connectivity index (χ0) is 17.9. The Kier molecular flexibility index (Phi) is 5.03. The van der Waals surface area contributed by atoms with E-state index in [1.165, 1.54) is 12.1 Å². The number of amides is 1. The first-order chi connectivity index (χ1) is 12.0. The summed E-state index contributed by atoms with van der Waals surface area (Å²) >= 11 is 0. The first-order valence-electron chi connectivity index (χ1n) is 8.23. The van der Waals surface area contributed by atoms with Crippen molar-refractivity contribution in [2.45, 2.75) is 18.4 Å². The highest BCUT2D eigenvalue weighted by atomic mass is 19.1. The maximum Gasteiger partial charge on any atom is 0.257 e. The number of aryl methyl sites for hydroxylation is 1. The molecule has 0 bridgehead atoms. The van der Waals surface area contributed by atoms with E-state index in [2.05, 4.69) is 5.10 Å². The van der Waals surface area contributed by atoms with Crippen molar-refractivity contribution in [1.82, 2.24) is 14.7 Å². The van der Waals surface area contributed by atoms with Gasteiger partial charge in [-0.25, -0.2) is 4.39 Å². The Bertz CT molecular complexity index is 731. The quantitative estimate of drug-likeness (QED) is 0.833. The molecule has 0 N–H and O–H groups in total. The van der Waals surface area contributed by atoms with E-state index < -0.39 is 5.60 Å². The molecule has 0 aliphatic carbocycles. The predicted octanol–water partition coefficient (Wildman–Crippen LogP) is 2.26. The number of hydrogen-bond acceptors (Lipinski definition) is 4. The molecule has 1 atom stereocenters. The van der Waals surface area contributed by atoms with Gasteiger partial charge >= 0.3 is 0 Å². The molecule has 0 spiro atoms. The monoisotopic (exact) mass is 347 g/mol. The molecule has 0 saturated carbocycles. The molecular formula is C18H22FN3O3. The van der Waals surface area contributed by atoms with Gasteiger partial charge in [0.2, 0.25) is 0 Å². The zero-order valence-corrected chi connectivity index (χ0v) is 14.4. The van der Waals surface area contributed by atoms with Gasteiger partial charge in [0.15, 0.2) is 0 Å². The van der Waals surface area contributed by atoms with Crippen LogP contribution in [0.5, 0.6) is 5.75 Å². The van der Waals surface area contributed by atoms with E-state index in [1.54, 1.807) is 48.3 Å². The van der Waals surface area contributed by atoms with Gasteiger partial charge in [0.25, 0.3) is 5.91 Å². The van der Waals surface area contributed by atoms with Crippen LogP contribution in [0.25, 0.3) is 0 Å². The van der Waals surface area contributed by atoms with Gasteiger partial charge in [-0.2, -0.15) is 5.10 Å². The fraction of sp³-hybridized carbons (Fsp3) is 0.444. The lowest BCUT2D eigenvalue weighted by atomic mass is 9.93. The highest BCUT2D eigenvalue weighted by Gasteiger charge is 2.38. The van der Waals surface area contributed by atoms with Gasteiger partial charge in [-0.15, -0.1) is 0 Å². The molecule has 0 radical (unpaired) electrons. The van der Waals surface area contributed by atoms with Crippen LogP contribution < -0.4 is 4.74 Å². The van der Waals surface area contributed by atoms with Crippen molar-refractivity contribution < 1.29 is 18.7 Å². The third-order valence-electron chi connectivity index (χ3n) is 4.53. The molecule has 1 unspecified atom stereocenters. The minimum Gasteiger partial charge on any atom is -0.491 e. The predicted molar refractivity (Wildman–Crippen MR) is 90.0 cm³/mol. The number of methoxy groups -OCH3 is 1. The third-order valence-corrected chi connectivity index (χ3v) is 4.53. The number of carbonyl (C=O) groups excluding carboxylic acids is 1. The summed E-state index contributed by atoms with van der Waals surface area (Å²) in [5.41, 5.74) is -0.0151. The van der Waals surface area contributed by atoms with Gasteiger partial charge in [0, 0.05) is 26.9 Å². The van der Waals surface area contributed by atoms with E-state index in [0.29, 0.717) is 31.0 Å². The van der Waals surface area contributed by atoms with Crippen molar-refractivity contribution >= 4 is 5.91 Å². The fourth-order valence-corrected chi connectivity index (χ4v) is 3.07. The minimum absolute atomic E-state index is 0.0593. The standard InChI is InChI=1S/C18H22FN3O3/c1-21-11-14(10-20-21)17(23)22-9-3-8-18(12-22,24-2)13-25-16-6-4-15(19)5-7-16/h4-7,10-11H,3,8-9,12-13H2,1-2H3. The van der Waals surface area contributed by atoms with Crippen LogP contribution in [-0.2, 0) is 11.8 Å². The summed E-state index contributed by atoms with van der Waals surface area (Å²) < 4.78 is 26.1. The molecule has 134 valence electrons. The number of aromatic nitrogens is 2. The molecule has 2 aromatic rings. The lowest BCUT2D eigenvalue weighted by molar-refractivity contribution is -0.0825. The summed E-state index contributed by atoms with van der Waals surface area (Å²) in [7, 11) is 3.41. The number of rotatable bonds is 5. The second-order valence-electron chi connectivity index (χ2n) is 6.36. The third kappa shape index (κ3) is 3.99. The number of likely N-dealkylation sites (tertiary alicyclic amines) is 1. The molecule has 25 heavy (non-hydrogen) atoms. The Morgan fingerprint density at radius 2 is 2.12 bits per heavy atom. The second kappa shape index (κ2) is 7.23. The normalized spacial score (nSPS) is 20.5. The highest BCUT2D eigenvalue weighted by molar-refractivity contribution is 5.93. The van der Waals surface area contributed by atoms with Gasteiger partial charge in [-0.1, -0.05) is 0 Å². The van der Waals surface area contributed by atoms with Crippen LogP contribution in [-0.4, -0.2) is 53.0 Å². The molecule has 1 aliphatic rings. The number of hydrogen-bond donors (Lipinski definition) is 0.